The van der Waals surface area contributed by atoms with Gasteiger partial charge in [-0.1, -0.05) is 30.3 Å². The van der Waals surface area contributed by atoms with Gasteiger partial charge in [0.15, 0.2) is 0 Å². The first-order chi connectivity index (χ1) is 12.0. The third kappa shape index (κ3) is 4.74. The lowest BCUT2D eigenvalue weighted by Crippen LogP contribution is -2.48. The van der Waals surface area contributed by atoms with E-state index in [0.717, 1.165) is 31.2 Å². The van der Waals surface area contributed by atoms with E-state index in [1.165, 1.54) is 0 Å². The Morgan fingerprint density at radius 3 is 2.32 bits per heavy atom. The van der Waals surface area contributed by atoms with E-state index in [2.05, 4.69) is 31.3 Å². The molecule has 1 aromatic carbocycles. The number of hydrogen-bond donors (Lipinski definition) is 1. The molecule has 1 aromatic rings. The summed E-state index contributed by atoms with van der Waals surface area (Å²) < 4.78 is 0. The van der Waals surface area contributed by atoms with Crippen molar-refractivity contribution in [2.45, 2.75) is 58.2 Å². The Kier molecular flexibility index (Phi) is 5.61. The van der Waals surface area contributed by atoms with Gasteiger partial charge in [-0.3, -0.25) is 4.79 Å². The minimum Gasteiger partial charge on any atom is -0.336 e. The Hall–Kier alpha value is -2.04. The van der Waals surface area contributed by atoms with Gasteiger partial charge in [-0.15, -0.1) is 0 Å². The molecule has 1 aliphatic heterocycles. The van der Waals surface area contributed by atoms with Crippen LogP contribution in [0.3, 0.4) is 0 Å². The van der Waals surface area contributed by atoms with Gasteiger partial charge in [-0.2, -0.15) is 0 Å². The van der Waals surface area contributed by atoms with Gasteiger partial charge < -0.3 is 15.1 Å². The van der Waals surface area contributed by atoms with Crippen molar-refractivity contribution in [2.75, 3.05) is 13.1 Å². The molecule has 0 atom stereocenters. The SMILES string of the molecule is CC(C)N(Cc1ccccc1)C(=O)C1CCN(C(=O)NC2CC2)CC1. The summed E-state index contributed by atoms with van der Waals surface area (Å²) in [5.41, 5.74) is 1.16. The van der Waals surface area contributed by atoms with E-state index in [0.29, 0.717) is 25.7 Å². The van der Waals surface area contributed by atoms with Gasteiger partial charge in [0.1, 0.15) is 0 Å². The Labute approximate surface area is 150 Å². The summed E-state index contributed by atoms with van der Waals surface area (Å²) in [6, 6.07) is 10.7. The van der Waals surface area contributed by atoms with Gasteiger partial charge in [0.2, 0.25) is 5.91 Å². The van der Waals surface area contributed by atoms with E-state index in [1.54, 1.807) is 0 Å². The largest absolute Gasteiger partial charge is 0.336 e. The zero-order valence-corrected chi connectivity index (χ0v) is 15.3. The molecular weight excluding hydrogens is 314 g/mol. The first-order valence-corrected chi connectivity index (χ1v) is 9.44. The van der Waals surface area contributed by atoms with Crippen LogP contribution in [0.5, 0.6) is 0 Å². The summed E-state index contributed by atoms with van der Waals surface area (Å²) in [4.78, 5) is 29.0. The molecule has 0 unspecified atom stereocenters. The molecule has 2 fully saturated rings. The Morgan fingerprint density at radius 1 is 1.12 bits per heavy atom. The molecule has 1 heterocycles. The van der Waals surface area contributed by atoms with E-state index < -0.39 is 0 Å². The fourth-order valence-electron chi connectivity index (χ4n) is 3.35. The quantitative estimate of drug-likeness (QED) is 0.893. The van der Waals surface area contributed by atoms with Crippen molar-refractivity contribution in [1.29, 1.82) is 0 Å². The van der Waals surface area contributed by atoms with E-state index in [9.17, 15) is 9.59 Å². The van der Waals surface area contributed by atoms with Crippen LogP contribution in [0.25, 0.3) is 0 Å². The normalized spacial score (nSPS) is 18.3. The van der Waals surface area contributed by atoms with Gasteiger partial charge in [0.25, 0.3) is 0 Å². The number of piperidine rings is 1. The van der Waals surface area contributed by atoms with Crippen LogP contribution < -0.4 is 5.32 Å². The van der Waals surface area contributed by atoms with Crippen LogP contribution in [0, 0.1) is 5.92 Å². The van der Waals surface area contributed by atoms with E-state index in [-0.39, 0.29) is 23.9 Å². The van der Waals surface area contributed by atoms with Crippen molar-refractivity contribution < 1.29 is 9.59 Å². The average molecular weight is 343 g/mol. The van der Waals surface area contributed by atoms with Crippen molar-refractivity contribution in [3.63, 3.8) is 0 Å². The molecule has 5 heteroatoms. The number of nitrogens with zero attached hydrogens (tertiary/aromatic N) is 2. The first kappa shape index (κ1) is 17.8. The topological polar surface area (TPSA) is 52.7 Å². The molecule has 5 nitrogen and oxygen atoms in total. The Morgan fingerprint density at radius 2 is 1.76 bits per heavy atom. The van der Waals surface area contributed by atoms with Gasteiger partial charge in [0, 0.05) is 37.6 Å². The molecule has 136 valence electrons. The molecule has 3 amide bonds. The molecule has 0 spiro atoms. The van der Waals surface area contributed by atoms with Gasteiger partial charge in [-0.25, -0.2) is 4.79 Å². The predicted octanol–water partition coefficient (Wildman–Crippen LogP) is 3.01. The molecule has 1 N–H and O–H groups in total. The zero-order valence-electron chi connectivity index (χ0n) is 15.3. The van der Waals surface area contributed by atoms with Gasteiger partial charge in [-0.05, 0) is 45.1 Å². The highest BCUT2D eigenvalue weighted by Crippen LogP contribution is 2.24. The summed E-state index contributed by atoms with van der Waals surface area (Å²) >= 11 is 0. The summed E-state index contributed by atoms with van der Waals surface area (Å²) in [6.45, 7) is 6.14. The Balaban J connectivity index is 1.54. The summed E-state index contributed by atoms with van der Waals surface area (Å²) in [5.74, 6) is 0.247. The van der Waals surface area contributed by atoms with Crippen molar-refractivity contribution in [3.05, 3.63) is 35.9 Å². The molecular formula is C20H29N3O2. The van der Waals surface area contributed by atoms with Crippen LogP contribution in [-0.2, 0) is 11.3 Å². The number of likely N-dealkylation sites (tertiary alicyclic amines) is 1. The number of amides is 3. The summed E-state index contributed by atoms with van der Waals surface area (Å²) in [6.07, 6.45) is 3.72. The summed E-state index contributed by atoms with van der Waals surface area (Å²) in [5, 5.41) is 3.03. The maximum absolute atomic E-state index is 13.0. The highest BCUT2D eigenvalue weighted by Gasteiger charge is 2.32. The second-order valence-corrected chi connectivity index (χ2v) is 7.53. The van der Waals surface area contributed by atoms with Crippen molar-refractivity contribution in [1.82, 2.24) is 15.1 Å². The highest BCUT2D eigenvalue weighted by molar-refractivity contribution is 5.80. The second-order valence-electron chi connectivity index (χ2n) is 7.53. The zero-order chi connectivity index (χ0) is 17.8. The number of benzene rings is 1. The minimum atomic E-state index is 0.0242. The lowest BCUT2D eigenvalue weighted by molar-refractivity contribution is -0.139. The van der Waals surface area contributed by atoms with Crippen LogP contribution in [0.15, 0.2) is 30.3 Å². The predicted molar refractivity (Wildman–Crippen MR) is 98.0 cm³/mol. The average Bonchev–Trinajstić information content (AvgIpc) is 3.44. The fourth-order valence-corrected chi connectivity index (χ4v) is 3.35. The number of carbonyl (C=O) groups is 2. The van der Waals surface area contributed by atoms with Crippen LogP contribution >= 0.6 is 0 Å². The monoisotopic (exact) mass is 343 g/mol. The van der Waals surface area contributed by atoms with Crippen molar-refractivity contribution in [3.8, 4) is 0 Å². The third-order valence-corrected chi connectivity index (χ3v) is 5.14. The molecule has 0 radical (unpaired) electrons. The number of nitrogens with one attached hydrogen (secondary N) is 1. The van der Waals surface area contributed by atoms with E-state index in [4.69, 9.17) is 0 Å². The maximum atomic E-state index is 13.0. The molecule has 0 aromatic heterocycles. The van der Waals surface area contributed by atoms with Crippen molar-refractivity contribution in [2.24, 2.45) is 5.92 Å². The number of hydrogen-bond acceptors (Lipinski definition) is 2. The minimum absolute atomic E-state index is 0.0242. The van der Waals surface area contributed by atoms with Crippen LogP contribution in [-0.4, -0.2) is 46.9 Å². The summed E-state index contributed by atoms with van der Waals surface area (Å²) in [7, 11) is 0. The first-order valence-electron chi connectivity index (χ1n) is 9.44. The van der Waals surface area contributed by atoms with Gasteiger partial charge >= 0.3 is 6.03 Å². The molecule has 0 bridgehead atoms. The number of rotatable bonds is 5. The van der Waals surface area contributed by atoms with E-state index >= 15 is 0 Å². The molecule has 1 saturated heterocycles. The van der Waals surface area contributed by atoms with E-state index in [1.807, 2.05) is 28.0 Å². The fraction of sp³-hybridized carbons (Fsp3) is 0.600. The molecule has 1 aliphatic carbocycles. The molecule has 25 heavy (non-hydrogen) atoms. The van der Waals surface area contributed by atoms with Crippen LogP contribution in [0.2, 0.25) is 0 Å². The number of carbonyl (C=O) groups excluding carboxylic acids is 2. The maximum Gasteiger partial charge on any atom is 0.317 e. The van der Waals surface area contributed by atoms with Crippen LogP contribution in [0.1, 0.15) is 45.1 Å². The van der Waals surface area contributed by atoms with Crippen molar-refractivity contribution >= 4 is 11.9 Å². The standard InChI is InChI=1S/C20H29N3O2/c1-15(2)23(14-16-6-4-3-5-7-16)19(24)17-10-12-22(13-11-17)20(25)21-18-8-9-18/h3-7,15,17-18H,8-14H2,1-2H3,(H,21,25). The molecule has 2 aliphatic rings. The smallest absolute Gasteiger partial charge is 0.317 e. The van der Waals surface area contributed by atoms with Crippen LogP contribution in [0.4, 0.5) is 4.79 Å². The highest BCUT2D eigenvalue weighted by atomic mass is 16.2. The Bertz CT molecular complexity index is 590. The molecule has 1 saturated carbocycles. The number of urea groups is 1. The third-order valence-electron chi connectivity index (χ3n) is 5.14. The second kappa shape index (κ2) is 7.89. The molecule has 3 rings (SSSR count). The lowest BCUT2D eigenvalue weighted by atomic mass is 9.94. The van der Waals surface area contributed by atoms with Gasteiger partial charge in [0.05, 0.1) is 0 Å². The lowest BCUT2D eigenvalue weighted by Gasteiger charge is -2.36.